The number of ether oxygens (including phenoxy) is 1. The van der Waals surface area contributed by atoms with Crippen LogP contribution in [0.3, 0.4) is 0 Å². The van der Waals surface area contributed by atoms with E-state index in [4.69, 9.17) is 4.74 Å². The molecule has 1 aliphatic heterocycles. The Morgan fingerprint density at radius 3 is 2.81 bits per heavy atom. The number of aliphatic hydroxyl groups is 1. The second-order valence-corrected chi connectivity index (χ2v) is 4.14. The zero-order valence-electron chi connectivity index (χ0n) is 9.28. The summed E-state index contributed by atoms with van der Waals surface area (Å²) in [6.07, 6.45) is 0.287. The number of carbonyl (C=O) groups excluding carboxylic acids is 1. The van der Waals surface area contributed by atoms with E-state index in [0.29, 0.717) is 17.5 Å². The average molecular weight is 222 g/mol. The highest BCUT2D eigenvalue weighted by Crippen LogP contribution is 2.37. The minimum Gasteiger partial charge on any atom is -0.508 e. The Balaban J connectivity index is 2.55. The molecule has 86 valence electrons. The monoisotopic (exact) mass is 222 g/mol. The molecular weight excluding hydrogens is 208 g/mol. The van der Waals surface area contributed by atoms with E-state index in [9.17, 15) is 15.0 Å². The number of Topliss-reactive ketones (excluding diaryl/α,β-unsaturated/α-hetero) is 1. The standard InChI is InChI=1S/C12H14O4/c1-3-12(15)6-9(14)11-7(2)4-8(13)5-10(11)16-12/h4-5,13,15H,3,6H2,1-2H3. The number of phenols is 1. The maximum atomic E-state index is 11.9. The molecule has 0 bridgehead atoms. The first kappa shape index (κ1) is 11.0. The number of phenolic OH excluding ortho intramolecular Hbond substituents is 1. The summed E-state index contributed by atoms with van der Waals surface area (Å²) in [6.45, 7) is 3.48. The molecule has 0 aliphatic carbocycles. The van der Waals surface area contributed by atoms with Gasteiger partial charge in [-0.05, 0) is 18.6 Å². The zero-order chi connectivity index (χ0) is 11.9. The lowest BCUT2D eigenvalue weighted by atomic mass is 9.93. The highest BCUT2D eigenvalue weighted by molar-refractivity contribution is 6.01. The van der Waals surface area contributed by atoms with E-state index in [0.717, 1.165) is 0 Å². The van der Waals surface area contributed by atoms with E-state index in [1.165, 1.54) is 12.1 Å². The van der Waals surface area contributed by atoms with Crippen molar-refractivity contribution in [1.29, 1.82) is 0 Å². The fraction of sp³-hybridized carbons (Fsp3) is 0.417. The zero-order valence-corrected chi connectivity index (χ0v) is 9.28. The molecular formula is C12H14O4. The van der Waals surface area contributed by atoms with Crippen molar-refractivity contribution >= 4 is 5.78 Å². The van der Waals surface area contributed by atoms with Crippen molar-refractivity contribution < 1.29 is 19.7 Å². The van der Waals surface area contributed by atoms with Crippen LogP contribution in [0.5, 0.6) is 11.5 Å². The minimum absolute atomic E-state index is 0.0319. The number of aromatic hydroxyl groups is 1. The number of carbonyl (C=O) groups is 1. The highest BCUT2D eigenvalue weighted by atomic mass is 16.6. The lowest BCUT2D eigenvalue weighted by molar-refractivity contribution is -0.141. The van der Waals surface area contributed by atoms with E-state index in [1.807, 2.05) is 0 Å². The maximum absolute atomic E-state index is 11.9. The molecule has 4 heteroatoms. The molecule has 4 nitrogen and oxygen atoms in total. The van der Waals surface area contributed by atoms with Crippen LogP contribution in [0.4, 0.5) is 0 Å². The molecule has 1 atom stereocenters. The Morgan fingerprint density at radius 1 is 1.50 bits per heavy atom. The van der Waals surface area contributed by atoms with Gasteiger partial charge in [0, 0.05) is 12.5 Å². The number of hydrogen-bond donors (Lipinski definition) is 2. The predicted molar refractivity (Wildman–Crippen MR) is 57.7 cm³/mol. The van der Waals surface area contributed by atoms with Crippen LogP contribution in [0.1, 0.15) is 35.7 Å². The minimum atomic E-state index is -1.44. The molecule has 0 amide bonds. The third-order valence-corrected chi connectivity index (χ3v) is 2.85. The molecule has 1 unspecified atom stereocenters. The van der Waals surface area contributed by atoms with E-state index < -0.39 is 5.79 Å². The second kappa shape index (κ2) is 3.49. The van der Waals surface area contributed by atoms with Crippen molar-refractivity contribution in [2.24, 2.45) is 0 Å². The van der Waals surface area contributed by atoms with Crippen molar-refractivity contribution in [3.05, 3.63) is 23.3 Å². The van der Waals surface area contributed by atoms with Crippen LogP contribution < -0.4 is 4.74 Å². The number of fused-ring (bicyclic) bond motifs is 1. The lowest BCUT2D eigenvalue weighted by Gasteiger charge is -2.33. The van der Waals surface area contributed by atoms with E-state index in [2.05, 4.69) is 0 Å². The Bertz CT molecular complexity index is 453. The molecule has 2 N–H and O–H groups in total. The molecule has 2 rings (SSSR count). The van der Waals surface area contributed by atoms with Gasteiger partial charge in [0.2, 0.25) is 5.79 Å². The first-order valence-electron chi connectivity index (χ1n) is 5.23. The van der Waals surface area contributed by atoms with E-state index in [-0.39, 0.29) is 23.7 Å². The van der Waals surface area contributed by atoms with Gasteiger partial charge in [0.25, 0.3) is 0 Å². The predicted octanol–water partition coefficient (Wildman–Crippen LogP) is 1.76. The Kier molecular flexibility index (Phi) is 2.39. The molecule has 0 saturated carbocycles. The molecule has 0 radical (unpaired) electrons. The SMILES string of the molecule is CCC1(O)CC(=O)c2c(C)cc(O)cc2O1. The molecule has 0 saturated heterocycles. The summed E-state index contributed by atoms with van der Waals surface area (Å²) in [5.41, 5.74) is 1.12. The third kappa shape index (κ3) is 1.65. The quantitative estimate of drug-likeness (QED) is 0.759. The molecule has 0 spiro atoms. The van der Waals surface area contributed by atoms with Crippen LogP contribution in [0.25, 0.3) is 0 Å². The molecule has 1 aromatic carbocycles. The van der Waals surface area contributed by atoms with Gasteiger partial charge in [-0.25, -0.2) is 0 Å². The topological polar surface area (TPSA) is 66.8 Å². The third-order valence-electron chi connectivity index (χ3n) is 2.85. The summed E-state index contributed by atoms with van der Waals surface area (Å²) in [7, 11) is 0. The summed E-state index contributed by atoms with van der Waals surface area (Å²) in [4.78, 5) is 11.9. The van der Waals surface area contributed by atoms with Gasteiger partial charge in [-0.15, -0.1) is 0 Å². The molecule has 1 aromatic rings. The first-order chi connectivity index (χ1) is 7.45. The fourth-order valence-electron chi connectivity index (χ4n) is 1.95. The molecule has 0 aromatic heterocycles. The number of rotatable bonds is 1. The summed E-state index contributed by atoms with van der Waals surface area (Å²) in [5, 5.41) is 19.4. The Labute approximate surface area is 93.5 Å². The van der Waals surface area contributed by atoms with Gasteiger partial charge in [-0.3, -0.25) is 4.79 Å². The molecule has 0 fully saturated rings. The van der Waals surface area contributed by atoms with Crippen molar-refractivity contribution in [3.8, 4) is 11.5 Å². The van der Waals surface area contributed by atoms with Crippen LogP contribution in [0, 0.1) is 6.92 Å². The average Bonchev–Trinajstić information content (AvgIpc) is 2.15. The van der Waals surface area contributed by atoms with Gasteiger partial charge >= 0.3 is 0 Å². The summed E-state index contributed by atoms with van der Waals surface area (Å²) >= 11 is 0. The second-order valence-electron chi connectivity index (χ2n) is 4.14. The van der Waals surface area contributed by atoms with E-state index >= 15 is 0 Å². The smallest absolute Gasteiger partial charge is 0.215 e. The van der Waals surface area contributed by atoms with Gasteiger partial charge in [-0.1, -0.05) is 6.92 Å². The fourth-order valence-corrected chi connectivity index (χ4v) is 1.95. The highest BCUT2D eigenvalue weighted by Gasteiger charge is 2.38. The van der Waals surface area contributed by atoms with Crippen molar-refractivity contribution in [3.63, 3.8) is 0 Å². The Hall–Kier alpha value is -1.55. The molecule has 1 heterocycles. The van der Waals surface area contributed by atoms with Crippen LogP contribution in [-0.4, -0.2) is 21.8 Å². The number of benzene rings is 1. The summed E-state index contributed by atoms with van der Waals surface area (Å²) in [5.74, 6) is -1.30. The van der Waals surface area contributed by atoms with Crippen LogP contribution in [0.2, 0.25) is 0 Å². The van der Waals surface area contributed by atoms with Crippen molar-refractivity contribution in [2.75, 3.05) is 0 Å². The van der Waals surface area contributed by atoms with Gasteiger partial charge in [-0.2, -0.15) is 0 Å². The van der Waals surface area contributed by atoms with Crippen molar-refractivity contribution in [1.82, 2.24) is 0 Å². The van der Waals surface area contributed by atoms with Gasteiger partial charge in [0.05, 0.1) is 12.0 Å². The van der Waals surface area contributed by atoms with Crippen molar-refractivity contribution in [2.45, 2.75) is 32.5 Å². The first-order valence-corrected chi connectivity index (χ1v) is 5.23. The molecule has 1 aliphatic rings. The van der Waals surface area contributed by atoms with Gasteiger partial charge in [0.15, 0.2) is 5.78 Å². The van der Waals surface area contributed by atoms with Gasteiger partial charge < -0.3 is 14.9 Å². The summed E-state index contributed by atoms with van der Waals surface area (Å²) < 4.78 is 5.38. The van der Waals surface area contributed by atoms with Crippen LogP contribution in [0.15, 0.2) is 12.1 Å². The summed E-state index contributed by atoms with van der Waals surface area (Å²) in [6, 6.07) is 2.87. The molecule has 16 heavy (non-hydrogen) atoms. The Morgan fingerprint density at radius 2 is 2.19 bits per heavy atom. The van der Waals surface area contributed by atoms with E-state index in [1.54, 1.807) is 13.8 Å². The number of ketones is 1. The lowest BCUT2D eigenvalue weighted by Crippen LogP contribution is -2.41. The number of aryl methyl sites for hydroxylation is 1. The van der Waals surface area contributed by atoms with Crippen LogP contribution in [-0.2, 0) is 0 Å². The largest absolute Gasteiger partial charge is 0.508 e. The van der Waals surface area contributed by atoms with Crippen LogP contribution >= 0.6 is 0 Å². The number of hydrogen-bond acceptors (Lipinski definition) is 4. The normalized spacial score (nSPS) is 23.8. The van der Waals surface area contributed by atoms with Gasteiger partial charge in [0.1, 0.15) is 11.5 Å². The maximum Gasteiger partial charge on any atom is 0.215 e.